The van der Waals surface area contributed by atoms with Crippen molar-refractivity contribution in [2.24, 2.45) is 5.10 Å². The number of aromatic nitrogens is 3. The Balaban J connectivity index is 1.92. The van der Waals surface area contributed by atoms with E-state index in [1.807, 2.05) is 16.7 Å². The summed E-state index contributed by atoms with van der Waals surface area (Å²) in [4.78, 5) is 19.6. The fraction of sp³-hybridized carbons (Fsp3) is 0.154. The molecule has 10 heteroatoms. The Morgan fingerprint density at radius 2 is 2.22 bits per heavy atom. The molecule has 8 nitrogen and oxygen atoms in total. The molecule has 23 heavy (non-hydrogen) atoms. The number of rotatable bonds is 4. The van der Waals surface area contributed by atoms with Crippen LogP contribution in [-0.2, 0) is 0 Å². The van der Waals surface area contributed by atoms with Crippen molar-refractivity contribution in [1.29, 1.82) is 0 Å². The molecule has 3 rings (SSSR count). The highest BCUT2D eigenvalue weighted by atomic mass is 35.5. The number of aryl methyl sites for hydroxylation is 2. The fourth-order valence-corrected chi connectivity index (χ4v) is 3.18. The standard InChI is InChI=1S/C13H11ClN6O2S/c1-7-3-4-9(20(21)22)12(16-7)18-15-5-10-11(14)17-13-19(10)8(2)6-23-13/h3-6H,1-2H3,(H,16,18)/b15-5-. The topological polar surface area (TPSA) is 97.7 Å². The third-order valence-corrected chi connectivity index (χ3v) is 4.31. The number of hydrogen-bond acceptors (Lipinski definition) is 7. The van der Waals surface area contributed by atoms with Crippen molar-refractivity contribution in [3.05, 3.63) is 49.9 Å². The van der Waals surface area contributed by atoms with Gasteiger partial charge in [0.2, 0.25) is 5.82 Å². The SMILES string of the molecule is Cc1ccc([N+](=O)[O-])c(N/N=C\c2c(Cl)nc3scc(C)n23)n1. The van der Waals surface area contributed by atoms with Crippen LogP contribution in [0.5, 0.6) is 0 Å². The van der Waals surface area contributed by atoms with Gasteiger partial charge >= 0.3 is 5.69 Å². The Kier molecular flexibility index (Phi) is 3.97. The maximum Gasteiger partial charge on any atom is 0.313 e. The number of imidazole rings is 1. The molecule has 0 aliphatic carbocycles. The van der Waals surface area contributed by atoms with Crippen LogP contribution in [0.15, 0.2) is 22.6 Å². The lowest BCUT2D eigenvalue weighted by atomic mass is 10.3. The van der Waals surface area contributed by atoms with Crippen molar-refractivity contribution >= 4 is 45.6 Å². The summed E-state index contributed by atoms with van der Waals surface area (Å²) in [5, 5.41) is 17.3. The minimum atomic E-state index is -0.517. The van der Waals surface area contributed by atoms with Crippen LogP contribution in [0.1, 0.15) is 17.1 Å². The van der Waals surface area contributed by atoms with E-state index in [4.69, 9.17) is 11.6 Å². The second-order valence-corrected chi connectivity index (χ2v) is 5.92. The van der Waals surface area contributed by atoms with E-state index in [1.165, 1.54) is 23.6 Å². The van der Waals surface area contributed by atoms with E-state index in [0.29, 0.717) is 16.5 Å². The highest BCUT2D eigenvalue weighted by Crippen LogP contribution is 2.24. The normalized spacial score (nSPS) is 11.4. The van der Waals surface area contributed by atoms with Crippen molar-refractivity contribution in [2.45, 2.75) is 13.8 Å². The molecule has 0 unspecified atom stereocenters. The summed E-state index contributed by atoms with van der Waals surface area (Å²) < 4.78 is 1.86. The van der Waals surface area contributed by atoms with Gasteiger partial charge in [-0.2, -0.15) is 5.10 Å². The predicted molar refractivity (Wildman–Crippen MR) is 89.7 cm³/mol. The molecule has 0 saturated carbocycles. The van der Waals surface area contributed by atoms with Gasteiger partial charge in [0.25, 0.3) is 0 Å². The smallest absolute Gasteiger partial charge is 0.285 e. The van der Waals surface area contributed by atoms with E-state index in [-0.39, 0.29) is 11.5 Å². The number of thiazole rings is 1. The molecule has 0 radical (unpaired) electrons. The quantitative estimate of drug-likeness (QED) is 0.441. The van der Waals surface area contributed by atoms with Crippen molar-refractivity contribution in [2.75, 3.05) is 5.43 Å². The van der Waals surface area contributed by atoms with E-state index >= 15 is 0 Å². The van der Waals surface area contributed by atoms with Crippen LogP contribution in [0.2, 0.25) is 5.15 Å². The number of anilines is 1. The van der Waals surface area contributed by atoms with Crippen LogP contribution in [0.25, 0.3) is 4.96 Å². The van der Waals surface area contributed by atoms with Gasteiger partial charge in [0.15, 0.2) is 10.1 Å². The van der Waals surface area contributed by atoms with Crippen molar-refractivity contribution in [3.63, 3.8) is 0 Å². The number of pyridine rings is 1. The third kappa shape index (κ3) is 2.88. The van der Waals surface area contributed by atoms with Gasteiger partial charge in [0.05, 0.1) is 11.1 Å². The van der Waals surface area contributed by atoms with E-state index in [9.17, 15) is 10.1 Å². The van der Waals surface area contributed by atoms with E-state index < -0.39 is 4.92 Å². The van der Waals surface area contributed by atoms with Crippen molar-refractivity contribution in [1.82, 2.24) is 14.4 Å². The predicted octanol–water partition coefficient (Wildman–Crippen LogP) is 3.42. The van der Waals surface area contributed by atoms with Crippen LogP contribution in [-0.4, -0.2) is 25.5 Å². The van der Waals surface area contributed by atoms with E-state index in [1.54, 1.807) is 13.0 Å². The third-order valence-electron chi connectivity index (χ3n) is 3.09. The van der Waals surface area contributed by atoms with Gasteiger partial charge in [-0.05, 0) is 19.9 Å². The maximum absolute atomic E-state index is 11.0. The molecule has 0 saturated heterocycles. The van der Waals surface area contributed by atoms with Crippen LogP contribution in [0.4, 0.5) is 11.5 Å². The summed E-state index contributed by atoms with van der Waals surface area (Å²) in [6, 6.07) is 2.95. The second kappa shape index (κ2) is 5.94. The lowest BCUT2D eigenvalue weighted by Crippen LogP contribution is -2.01. The summed E-state index contributed by atoms with van der Waals surface area (Å²) in [7, 11) is 0. The number of fused-ring (bicyclic) bond motifs is 1. The zero-order chi connectivity index (χ0) is 16.6. The summed E-state index contributed by atoms with van der Waals surface area (Å²) >= 11 is 7.57. The van der Waals surface area contributed by atoms with Crippen LogP contribution in [0, 0.1) is 24.0 Å². The van der Waals surface area contributed by atoms with Crippen LogP contribution >= 0.6 is 22.9 Å². The Bertz CT molecular complexity index is 932. The first kappa shape index (κ1) is 15.4. The first-order valence-electron chi connectivity index (χ1n) is 6.50. The van der Waals surface area contributed by atoms with Gasteiger partial charge in [-0.3, -0.25) is 19.9 Å². The molecule has 3 heterocycles. The van der Waals surface area contributed by atoms with Gasteiger partial charge in [-0.15, -0.1) is 11.3 Å². The molecule has 0 fully saturated rings. The first-order valence-corrected chi connectivity index (χ1v) is 7.76. The van der Waals surface area contributed by atoms with Gasteiger partial charge in [-0.25, -0.2) is 9.97 Å². The van der Waals surface area contributed by atoms with Gasteiger partial charge in [0.1, 0.15) is 5.69 Å². The lowest BCUT2D eigenvalue weighted by Gasteiger charge is -2.02. The number of nitro groups is 1. The average molecular weight is 351 g/mol. The number of nitrogens with zero attached hydrogens (tertiary/aromatic N) is 5. The average Bonchev–Trinajstić information content (AvgIpc) is 2.99. The number of nitrogens with one attached hydrogen (secondary N) is 1. The summed E-state index contributed by atoms with van der Waals surface area (Å²) in [5.41, 5.74) is 4.67. The highest BCUT2D eigenvalue weighted by molar-refractivity contribution is 7.15. The molecule has 1 N–H and O–H groups in total. The monoisotopic (exact) mass is 350 g/mol. The van der Waals surface area contributed by atoms with E-state index in [2.05, 4.69) is 20.5 Å². The Labute approximate surface area is 139 Å². The number of hydrazone groups is 1. The molecule has 0 amide bonds. The first-order chi connectivity index (χ1) is 11.0. The second-order valence-electron chi connectivity index (χ2n) is 4.73. The van der Waals surface area contributed by atoms with Crippen molar-refractivity contribution in [3.8, 4) is 0 Å². The minimum absolute atomic E-state index is 0.0742. The molecule has 0 aromatic carbocycles. The number of hydrogen-bond donors (Lipinski definition) is 1. The largest absolute Gasteiger partial charge is 0.313 e. The molecule has 0 aliphatic heterocycles. The summed E-state index contributed by atoms with van der Waals surface area (Å²) in [6.07, 6.45) is 1.47. The molecular formula is C13H11ClN6O2S. The van der Waals surface area contributed by atoms with Crippen LogP contribution in [0.3, 0.4) is 0 Å². The Morgan fingerprint density at radius 1 is 1.43 bits per heavy atom. The number of halogens is 1. The Morgan fingerprint density at radius 3 is 2.96 bits per heavy atom. The molecule has 3 aromatic rings. The van der Waals surface area contributed by atoms with Gasteiger partial charge in [0, 0.05) is 22.8 Å². The minimum Gasteiger partial charge on any atom is -0.285 e. The fourth-order valence-electron chi connectivity index (χ4n) is 2.04. The van der Waals surface area contributed by atoms with Gasteiger partial charge < -0.3 is 0 Å². The molecule has 0 aliphatic rings. The zero-order valence-electron chi connectivity index (χ0n) is 12.1. The zero-order valence-corrected chi connectivity index (χ0v) is 13.7. The molecule has 0 bridgehead atoms. The van der Waals surface area contributed by atoms with Crippen molar-refractivity contribution < 1.29 is 4.92 Å². The van der Waals surface area contributed by atoms with E-state index in [0.717, 1.165) is 10.7 Å². The summed E-state index contributed by atoms with van der Waals surface area (Å²) in [5.74, 6) is 0.0742. The highest BCUT2D eigenvalue weighted by Gasteiger charge is 2.15. The molecule has 0 spiro atoms. The Hall–Kier alpha value is -2.52. The molecular weight excluding hydrogens is 340 g/mol. The lowest BCUT2D eigenvalue weighted by molar-refractivity contribution is -0.384. The van der Waals surface area contributed by atoms with Gasteiger partial charge in [-0.1, -0.05) is 11.6 Å². The molecule has 3 aromatic heterocycles. The maximum atomic E-state index is 11.0. The summed E-state index contributed by atoms with van der Waals surface area (Å²) in [6.45, 7) is 3.67. The molecule has 118 valence electrons. The molecule has 0 atom stereocenters. The van der Waals surface area contributed by atoms with Crippen LogP contribution < -0.4 is 5.43 Å².